The molecule has 0 amide bonds. The molecule has 0 aliphatic carbocycles. The Morgan fingerprint density at radius 2 is 2.10 bits per heavy atom. The molecule has 0 bridgehead atoms. The molecule has 2 N–H and O–H groups in total. The molecule has 2 aromatic rings. The maximum absolute atomic E-state index is 12.1. The highest BCUT2D eigenvalue weighted by molar-refractivity contribution is 7.89. The van der Waals surface area contributed by atoms with Crippen LogP contribution in [0.1, 0.15) is 17.5 Å². The lowest BCUT2D eigenvalue weighted by Gasteiger charge is -2.13. The fourth-order valence-electron chi connectivity index (χ4n) is 1.77. The number of aliphatic hydroxyl groups excluding tert-OH is 1. The fraction of sp³-hybridized carbons (Fsp3) is 0.308. The van der Waals surface area contributed by atoms with Gasteiger partial charge in [-0.15, -0.1) is 0 Å². The lowest BCUT2D eigenvalue weighted by Crippen LogP contribution is -2.29. The highest BCUT2D eigenvalue weighted by atomic mass is 35.5. The van der Waals surface area contributed by atoms with Crippen LogP contribution >= 0.6 is 11.6 Å². The van der Waals surface area contributed by atoms with Gasteiger partial charge in [-0.05, 0) is 13.0 Å². The smallest absolute Gasteiger partial charge is 0.259 e. The molecule has 0 aliphatic rings. The Kier molecular flexibility index (Phi) is 4.67. The summed E-state index contributed by atoms with van der Waals surface area (Å²) in [4.78, 5) is 3.95. The third-order valence-corrected chi connectivity index (χ3v) is 4.73. The second-order valence-corrected chi connectivity index (χ2v) is 6.75. The van der Waals surface area contributed by atoms with Crippen molar-refractivity contribution >= 4 is 21.6 Å². The summed E-state index contributed by atoms with van der Waals surface area (Å²) < 4.78 is 28.1. The Hall–Kier alpha value is -1.41. The fourth-order valence-corrected chi connectivity index (χ4v) is 3.11. The van der Waals surface area contributed by atoms with E-state index in [1.54, 1.807) is 42.8 Å². The van der Waals surface area contributed by atoms with Crippen LogP contribution in [0.25, 0.3) is 0 Å². The van der Waals surface area contributed by atoms with Crippen molar-refractivity contribution in [2.45, 2.75) is 18.1 Å². The molecule has 114 valence electrons. The second kappa shape index (κ2) is 6.15. The van der Waals surface area contributed by atoms with Gasteiger partial charge in [0.2, 0.25) is 0 Å². The quantitative estimate of drug-likeness (QED) is 0.868. The van der Waals surface area contributed by atoms with Gasteiger partial charge in [-0.1, -0.05) is 29.8 Å². The van der Waals surface area contributed by atoms with Crippen molar-refractivity contribution in [1.82, 2.24) is 14.3 Å². The molecule has 1 atom stereocenters. The summed E-state index contributed by atoms with van der Waals surface area (Å²) >= 11 is 5.96. The first-order chi connectivity index (χ1) is 9.81. The number of aryl methyl sites for hydroxylation is 2. The highest BCUT2D eigenvalue weighted by Crippen LogP contribution is 2.22. The molecular formula is C13H16ClN3O3S. The van der Waals surface area contributed by atoms with E-state index in [-0.39, 0.29) is 11.6 Å². The SMILES string of the molecule is Cc1nc(S(=O)(=O)NC[C@H](O)c2ccccc2Cl)cn1C. The van der Waals surface area contributed by atoms with Crippen molar-refractivity contribution in [2.75, 3.05) is 6.54 Å². The number of aromatic nitrogens is 2. The molecule has 0 radical (unpaired) electrons. The number of nitrogens with one attached hydrogen (secondary N) is 1. The average molecular weight is 330 g/mol. The lowest BCUT2D eigenvalue weighted by atomic mass is 10.1. The van der Waals surface area contributed by atoms with E-state index in [1.807, 2.05) is 0 Å². The van der Waals surface area contributed by atoms with Gasteiger partial charge in [0.1, 0.15) is 5.82 Å². The number of aliphatic hydroxyl groups is 1. The number of rotatable bonds is 5. The summed E-state index contributed by atoms with van der Waals surface area (Å²) in [6.07, 6.45) is 0.387. The van der Waals surface area contributed by atoms with Crippen LogP contribution in [0.4, 0.5) is 0 Å². The summed E-state index contributed by atoms with van der Waals surface area (Å²) in [6, 6.07) is 6.74. The number of halogens is 1. The molecule has 8 heteroatoms. The van der Waals surface area contributed by atoms with E-state index < -0.39 is 16.1 Å². The van der Waals surface area contributed by atoms with Gasteiger partial charge in [0.25, 0.3) is 10.0 Å². The highest BCUT2D eigenvalue weighted by Gasteiger charge is 2.20. The summed E-state index contributed by atoms with van der Waals surface area (Å²) in [7, 11) is -2.05. The monoisotopic (exact) mass is 329 g/mol. The summed E-state index contributed by atoms with van der Waals surface area (Å²) in [6.45, 7) is 1.53. The molecule has 0 saturated heterocycles. The molecular weight excluding hydrogens is 314 g/mol. The van der Waals surface area contributed by atoms with Crippen LogP contribution in [0.3, 0.4) is 0 Å². The third-order valence-electron chi connectivity index (χ3n) is 3.09. The number of nitrogens with zero attached hydrogens (tertiary/aromatic N) is 2. The van der Waals surface area contributed by atoms with Crippen molar-refractivity contribution in [3.8, 4) is 0 Å². The molecule has 0 fully saturated rings. The van der Waals surface area contributed by atoms with E-state index in [4.69, 9.17) is 11.6 Å². The Balaban J connectivity index is 2.10. The molecule has 0 spiro atoms. The maximum atomic E-state index is 12.1. The Bertz CT molecular complexity index is 723. The van der Waals surface area contributed by atoms with Crippen molar-refractivity contribution < 1.29 is 13.5 Å². The normalized spacial score (nSPS) is 13.3. The van der Waals surface area contributed by atoms with Gasteiger partial charge < -0.3 is 9.67 Å². The minimum atomic E-state index is -3.76. The van der Waals surface area contributed by atoms with E-state index in [1.165, 1.54) is 6.20 Å². The van der Waals surface area contributed by atoms with Crippen molar-refractivity contribution in [3.63, 3.8) is 0 Å². The van der Waals surface area contributed by atoms with E-state index >= 15 is 0 Å². The average Bonchev–Trinajstić information content (AvgIpc) is 2.77. The zero-order valence-corrected chi connectivity index (χ0v) is 13.2. The van der Waals surface area contributed by atoms with Crippen LogP contribution in [0, 0.1) is 6.92 Å². The van der Waals surface area contributed by atoms with E-state index in [0.717, 1.165) is 0 Å². The van der Waals surface area contributed by atoms with Crippen LogP contribution in [0.15, 0.2) is 35.5 Å². The maximum Gasteiger partial charge on any atom is 0.259 e. The second-order valence-electron chi connectivity index (χ2n) is 4.63. The van der Waals surface area contributed by atoms with Crippen LogP contribution in [0.5, 0.6) is 0 Å². The van der Waals surface area contributed by atoms with Crippen LogP contribution in [-0.4, -0.2) is 29.6 Å². The van der Waals surface area contributed by atoms with Gasteiger partial charge in [0, 0.05) is 30.4 Å². The summed E-state index contributed by atoms with van der Waals surface area (Å²) in [5.74, 6) is 0.585. The molecule has 1 aromatic carbocycles. The predicted molar refractivity (Wildman–Crippen MR) is 79.5 cm³/mol. The minimum absolute atomic E-state index is 0.0751. The van der Waals surface area contributed by atoms with E-state index in [0.29, 0.717) is 16.4 Å². The molecule has 1 aromatic heterocycles. The first kappa shape index (κ1) is 16.0. The zero-order chi connectivity index (χ0) is 15.6. The standard InChI is InChI=1S/C13H16ClN3O3S/c1-9-16-13(8-17(9)2)21(19,20)15-7-12(18)10-5-3-4-6-11(10)14/h3-6,8,12,15,18H,7H2,1-2H3/t12-/m0/s1. The molecule has 6 nitrogen and oxygen atoms in total. The van der Waals surface area contributed by atoms with Crippen LogP contribution in [-0.2, 0) is 17.1 Å². The van der Waals surface area contributed by atoms with Crippen LogP contribution < -0.4 is 4.72 Å². The Labute approximate surface area is 128 Å². The summed E-state index contributed by atoms with van der Waals surface area (Å²) in [5, 5.41) is 10.3. The molecule has 0 aliphatic heterocycles. The lowest BCUT2D eigenvalue weighted by molar-refractivity contribution is 0.182. The van der Waals surface area contributed by atoms with Crippen molar-refractivity contribution in [1.29, 1.82) is 0 Å². The molecule has 0 saturated carbocycles. The molecule has 21 heavy (non-hydrogen) atoms. The first-order valence-electron chi connectivity index (χ1n) is 6.23. The van der Waals surface area contributed by atoms with Gasteiger partial charge >= 0.3 is 0 Å². The molecule has 1 heterocycles. The van der Waals surface area contributed by atoms with E-state index in [9.17, 15) is 13.5 Å². The van der Waals surface area contributed by atoms with Gasteiger partial charge in [-0.3, -0.25) is 0 Å². The van der Waals surface area contributed by atoms with Crippen molar-refractivity contribution in [2.24, 2.45) is 7.05 Å². The number of imidazole rings is 1. The molecule has 2 rings (SSSR count). The largest absolute Gasteiger partial charge is 0.387 e. The van der Waals surface area contributed by atoms with E-state index in [2.05, 4.69) is 9.71 Å². The molecule has 0 unspecified atom stereocenters. The van der Waals surface area contributed by atoms with Gasteiger partial charge in [0.05, 0.1) is 6.10 Å². The zero-order valence-electron chi connectivity index (χ0n) is 11.6. The summed E-state index contributed by atoms with van der Waals surface area (Å²) in [5.41, 5.74) is 0.471. The number of benzene rings is 1. The van der Waals surface area contributed by atoms with Crippen LogP contribution in [0.2, 0.25) is 5.02 Å². The minimum Gasteiger partial charge on any atom is -0.387 e. The Morgan fingerprint density at radius 1 is 1.43 bits per heavy atom. The van der Waals surface area contributed by atoms with Gasteiger partial charge in [-0.2, -0.15) is 0 Å². The first-order valence-corrected chi connectivity index (χ1v) is 8.09. The van der Waals surface area contributed by atoms with Crippen molar-refractivity contribution in [3.05, 3.63) is 46.9 Å². The predicted octanol–water partition coefficient (Wildman–Crippen LogP) is 1.39. The number of hydrogen-bond donors (Lipinski definition) is 2. The number of sulfonamides is 1. The Morgan fingerprint density at radius 3 is 2.67 bits per heavy atom. The topological polar surface area (TPSA) is 84.2 Å². The van der Waals surface area contributed by atoms with Gasteiger partial charge in [0.15, 0.2) is 5.03 Å². The van der Waals surface area contributed by atoms with Gasteiger partial charge in [-0.25, -0.2) is 18.1 Å². The third kappa shape index (κ3) is 3.62. The number of hydrogen-bond acceptors (Lipinski definition) is 4.